The Hall–Kier alpha value is -1.31. The minimum absolute atomic E-state index is 0.0180. The monoisotopic (exact) mass is 980 g/mol. The van der Waals surface area contributed by atoms with Crippen molar-refractivity contribution in [3.63, 3.8) is 0 Å². The summed E-state index contributed by atoms with van der Waals surface area (Å²) in [7, 11) is -15.5. The molecule has 3 rings (SSSR count). The Morgan fingerprint density at radius 1 is 0.767 bits per heavy atom. The van der Waals surface area contributed by atoms with E-state index in [1.165, 1.54) is 0 Å². The summed E-state index contributed by atoms with van der Waals surface area (Å²) in [6.07, 6.45) is -15.3. The summed E-state index contributed by atoms with van der Waals surface area (Å²) in [5.74, 6) is -1.26. The van der Waals surface area contributed by atoms with Gasteiger partial charge in [0.05, 0.1) is 44.7 Å². The molecule has 3 aliphatic rings. The average Bonchev–Trinajstić information content (AvgIpc) is 3.12. The molecule has 352 valence electrons. The molecule has 12 atom stereocenters. The van der Waals surface area contributed by atoms with Gasteiger partial charge in [-0.3, -0.25) is 31.6 Å². The summed E-state index contributed by atoms with van der Waals surface area (Å²) >= 11 is 0.0934. The summed E-state index contributed by atoms with van der Waals surface area (Å²) in [6, 6.07) is -2.33. The highest BCUT2D eigenvalue weighted by Gasteiger charge is 2.47. The van der Waals surface area contributed by atoms with Crippen LogP contribution in [-0.2, 0) is 109 Å². The fraction of sp³-hybridized carbons (Fsp3) is 0.920. The zero-order chi connectivity index (χ0) is 44.7. The van der Waals surface area contributed by atoms with Crippen molar-refractivity contribution in [2.75, 3.05) is 26.4 Å². The first-order chi connectivity index (χ1) is 28.1. The largest absolute Gasteiger partial charge is 0.397 e. The topological polar surface area (TPSA) is 400 Å². The zero-order valence-corrected chi connectivity index (χ0v) is 35.3. The van der Waals surface area contributed by atoms with Crippen molar-refractivity contribution in [2.45, 2.75) is 120 Å². The molecule has 35 heteroatoms. The van der Waals surface area contributed by atoms with Crippen molar-refractivity contribution in [2.24, 2.45) is 0 Å². The molecular formula is C25H44N2O28S5. The molecule has 0 aromatic carbocycles. The summed E-state index contributed by atoms with van der Waals surface area (Å²) in [5.41, 5.74) is 0. The number of rotatable bonds is 26. The van der Waals surface area contributed by atoms with Gasteiger partial charge in [0.1, 0.15) is 36.6 Å². The predicted octanol–water partition coefficient (Wildman–Crippen LogP) is -1.26. The predicted molar refractivity (Wildman–Crippen MR) is 188 cm³/mol. The molecular weight excluding hydrogens is 937 g/mol. The Kier molecular flexibility index (Phi) is 22.3. The van der Waals surface area contributed by atoms with Crippen LogP contribution in [0.4, 0.5) is 0 Å². The minimum Gasteiger partial charge on any atom is -0.351 e. The lowest BCUT2D eigenvalue weighted by Crippen LogP contribution is -2.60. The lowest BCUT2D eigenvalue weighted by Gasteiger charge is -2.44. The number of carbonyl (C=O) groups excluding carboxylic acids is 2. The minimum atomic E-state index is -5.29. The highest BCUT2D eigenvalue weighted by molar-refractivity contribution is 7.90. The van der Waals surface area contributed by atoms with Gasteiger partial charge in [-0.2, -0.15) is 25.3 Å². The Morgan fingerprint density at radius 2 is 1.37 bits per heavy atom. The van der Waals surface area contributed by atoms with Crippen LogP contribution in [0, 0.1) is 0 Å². The molecule has 0 spiro atoms. The molecule has 7 N–H and O–H groups in total. The Bertz CT molecular complexity index is 1660. The highest BCUT2D eigenvalue weighted by atomic mass is 32.3. The van der Waals surface area contributed by atoms with Crippen LogP contribution in [0.2, 0.25) is 0 Å². The van der Waals surface area contributed by atoms with Crippen LogP contribution in [0.3, 0.4) is 0 Å². The van der Waals surface area contributed by atoms with Crippen LogP contribution in [0.1, 0.15) is 46.5 Å². The fourth-order valence-corrected chi connectivity index (χ4v) is 7.85. The van der Waals surface area contributed by atoms with Crippen LogP contribution < -0.4 is 10.6 Å². The summed E-state index contributed by atoms with van der Waals surface area (Å²) in [6.45, 7) is 1.90. The number of nitrogens with one attached hydrogen (secondary N) is 2. The zero-order valence-electron chi connectivity index (χ0n) is 31.3. The third kappa shape index (κ3) is 19.6. The summed E-state index contributed by atoms with van der Waals surface area (Å²) < 4.78 is 166. The molecule has 3 saturated heterocycles. The van der Waals surface area contributed by atoms with E-state index in [2.05, 4.69) is 33.6 Å². The molecule has 60 heavy (non-hydrogen) atoms. The van der Waals surface area contributed by atoms with E-state index in [0.29, 0.717) is 0 Å². The maximum atomic E-state index is 12.4. The SMILES string of the molecule is CCC(NC(C)=O)C(OC1OCC(OC2OCCC(OC3OCC(OSOOO)CC3OS(=O)(=O)O)C2NC(C)=O)CC1OS(=O)(=O)O)C(COS(=O)(=O)O)OSOOO. The van der Waals surface area contributed by atoms with Crippen molar-refractivity contribution in [3.05, 3.63) is 0 Å². The van der Waals surface area contributed by atoms with Gasteiger partial charge in [-0.05, 0) is 12.8 Å². The molecule has 0 saturated carbocycles. The first-order valence-corrected chi connectivity index (χ1v) is 22.4. The molecule has 0 bridgehead atoms. The van der Waals surface area contributed by atoms with Gasteiger partial charge < -0.3 is 39.1 Å². The summed E-state index contributed by atoms with van der Waals surface area (Å²) in [5, 5.41) is 28.8. The van der Waals surface area contributed by atoms with Crippen LogP contribution in [-0.4, -0.2) is 161 Å². The smallest absolute Gasteiger partial charge is 0.351 e. The maximum Gasteiger partial charge on any atom is 0.397 e. The number of amides is 2. The number of ether oxygens (including phenoxy) is 6. The van der Waals surface area contributed by atoms with Crippen molar-refractivity contribution >= 4 is 67.7 Å². The van der Waals surface area contributed by atoms with E-state index < -0.39 is 136 Å². The second-order valence-corrected chi connectivity index (χ2v) is 16.6. The van der Waals surface area contributed by atoms with Gasteiger partial charge in [-0.25, -0.2) is 23.1 Å². The first kappa shape index (κ1) is 53.0. The molecule has 30 nitrogen and oxygen atoms in total. The van der Waals surface area contributed by atoms with Gasteiger partial charge >= 0.3 is 31.2 Å². The second kappa shape index (κ2) is 25.2. The molecule has 2 amide bonds. The average molecular weight is 981 g/mol. The van der Waals surface area contributed by atoms with Crippen LogP contribution in [0.15, 0.2) is 0 Å². The van der Waals surface area contributed by atoms with Crippen molar-refractivity contribution < 1.29 is 127 Å². The summed E-state index contributed by atoms with van der Waals surface area (Å²) in [4.78, 5) is 24.5. The van der Waals surface area contributed by atoms with E-state index >= 15 is 0 Å². The molecule has 3 heterocycles. The van der Waals surface area contributed by atoms with E-state index in [1.807, 2.05) is 0 Å². The molecule has 0 radical (unpaired) electrons. The van der Waals surface area contributed by atoms with Crippen molar-refractivity contribution in [3.8, 4) is 0 Å². The highest BCUT2D eigenvalue weighted by Crippen LogP contribution is 2.32. The normalized spacial score (nSPS) is 29.6. The van der Waals surface area contributed by atoms with Crippen LogP contribution in [0.5, 0.6) is 0 Å². The van der Waals surface area contributed by atoms with Gasteiger partial charge in [0.25, 0.3) is 0 Å². The first-order valence-electron chi connectivity index (χ1n) is 17.0. The van der Waals surface area contributed by atoms with E-state index in [4.69, 9.17) is 55.7 Å². The molecule has 12 unspecified atom stereocenters. The third-order valence-corrected chi connectivity index (χ3v) is 10.4. The number of hydrogen-bond acceptors (Lipinski definition) is 27. The Balaban J connectivity index is 1.85. The van der Waals surface area contributed by atoms with Gasteiger partial charge in [-0.15, -0.1) is 8.67 Å². The Morgan fingerprint density at radius 3 is 1.95 bits per heavy atom. The van der Waals surface area contributed by atoms with Crippen molar-refractivity contribution in [1.82, 2.24) is 10.6 Å². The third-order valence-electron chi connectivity index (χ3n) is 8.08. The lowest BCUT2D eigenvalue weighted by atomic mass is 10.0. The van der Waals surface area contributed by atoms with Gasteiger partial charge in [-0.1, -0.05) is 17.0 Å². The van der Waals surface area contributed by atoms with Crippen molar-refractivity contribution in [1.29, 1.82) is 0 Å². The van der Waals surface area contributed by atoms with Crippen LogP contribution in [0.25, 0.3) is 0 Å². The molecule has 0 aliphatic carbocycles. The molecule has 0 aromatic heterocycles. The Labute approximate surface area is 351 Å². The van der Waals surface area contributed by atoms with Gasteiger partial charge in [0.2, 0.25) is 11.8 Å². The van der Waals surface area contributed by atoms with E-state index in [0.717, 1.165) is 13.8 Å². The van der Waals surface area contributed by atoms with E-state index in [1.54, 1.807) is 6.92 Å². The van der Waals surface area contributed by atoms with Gasteiger partial charge in [0, 0.05) is 26.7 Å². The quantitative estimate of drug-likeness (QED) is 0.0175. The van der Waals surface area contributed by atoms with Gasteiger partial charge in [0.15, 0.2) is 43.5 Å². The molecule has 3 aliphatic heterocycles. The standard InChI is InChI=1S/C25H44N2O28S5/c1-4-16(26-12(2)28)22(20(49-57-55-53-31)11-44-58(32,33)34)47-24-18(50-59(35,36)37)7-14(9-42-24)45-25-21(27-13(3)29)17(5-6-41-25)46-23-19(51-60(38,39)40)8-15(10-43-23)48-56-54-52-30/h14-25,30-31H,4-11H2,1-3H3,(H,26,28)(H,27,29)(H,32,33,34)(H,35,36,37)(H,38,39,40). The van der Waals surface area contributed by atoms with E-state index in [9.17, 15) is 48.5 Å². The number of carbonyl (C=O) groups is 2. The maximum absolute atomic E-state index is 12.4. The van der Waals surface area contributed by atoms with E-state index in [-0.39, 0.29) is 57.1 Å². The molecule has 3 fully saturated rings. The number of hydrogen-bond donors (Lipinski definition) is 7. The van der Waals surface area contributed by atoms with Crippen LogP contribution >= 0.6 is 24.6 Å². The second-order valence-electron chi connectivity index (χ2n) is 12.5. The fourth-order valence-electron chi connectivity index (χ4n) is 5.95. The molecule has 0 aromatic rings. The lowest BCUT2D eigenvalue weighted by molar-refractivity contribution is -0.434.